The molecule has 0 unspecified atom stereocenters. The van der Waals surface area contributed by atoms with Gasteiger partial charge in [0.2, 0.25) is 0 Å². The quantitative estimate of drug-likeness (QED) is 0.757. The minimum Gasteiger partial charge on any atom is -0.476 e. The normalized spacial score (nSPS) is 15.4. The third-order valence-electron chi connectivity index (χ3n) is 3.71. The Bertz CT molecular complexity index is 736. The summed E-state index contributed by atoms with van der Waals surface area (Å²) in [6.07, 6.45) is 0. The molecule has 0 radical (unpaired) electrons. The van der Waals surface area contributed by atoms with Crippen molar-refractivity contribution in [2.75, 3.05) is 6.73 Å². The molecule has 2 heterocycles. The van der Waals surface area contributed by atoms with Crippen LogP contribution in [0.5, 0.6) is 5.75 Å². The molecule has 0 spiro atoms. The summed E-state index contributed by atoms with van der Waals surface area (Å²) in [6, 6.07) is 3.63. The van der Waals surface area contributed by atoms with Crippen molar-refractivity contribution < 1.29 is 9.15 Å². The summed E-state index contributed by atoms with van der Waals surface area (Å²) < 4.78 is 11.2. The highest BCUT2D eigenvalue weighted by Gasteiger charge is 2.25. The molecule has 0 saturated carbocycles. The number of benzene rings is 1. The van der Waals surface area contributed by atoms with Crippen molar-refractivity contribution in [3.8, 4) is 5.75 Å². The monoisotopic (exact) mass is 293 g/mol. The lowest BCUT2D eigenvalue weighted by atomic mass is 10.0. The van der Waals surface area contributed by atoms with Crippen molar-refractivity contribution in [3.05, 3.63) is 38.7 Å². The van der Waals surface area contributed by atoms with Crippen LogP contribution >= 0.6 is 11.6 Å². The molecule has 1 aliphatic rings. The number of rotatable bonds is 1. The average Bonchev–Trinajstić information content (AvgIpc) is 2.40. The highest BCUT2D eigenvalue weighted by atomic mass is 35.5. The molecule has 0 saturated heterocycles. The molecule has 1 aliphatic heterocycles. The van der Waals surface area contributed by atoms with E-state index in [1.807, 2.05) is 6.92 Å². The van der Waals surface area contributed by atoms with E-state index in [1.54, 1.807) is 6.07 Å². The molecule has 0 fully saturated rings. The van der Waals surface area contributed by atoms with Crippen LogP contribution in [0.2, 0.25) is 5.02 Å². The molecule has 0 atom stereocenters. The van der Waals surface area contributed by atoms with Crippen LogP contribution in [0, 0.1) is 6.92 Å². The van der Waals surface area contributed by atoms with E-state index in [4.69, 9.17) is 20.8 Å². The first-order valence-electron chi connectivity index (χ1n) is 6.60. The van der Waals surface area contributed by atoms with Gasteiger partial charge in [-0.1, -0.05) is 11.6 Å². The number of nitrogens with zero attached hydrogens (tertiary/aromatic N) is 1. The van der Waals surface area contributed by atoms with Gasteiger partial charge in [0.05, 0.1) is 10.6 Å². The minimum absolute atomic E-state index is 0.341. The largest absolute Gasteiger partial charge is 0.476 e. The smallest absolute Gasteiger partial charge is 0.336 e. The van der Waals surface area contributed by atoms with Gasteiger partial charge in [0, 0.05) is 24.0 Å². The molecular formula is C15H16ClNO3. The molecule has 1 aromatic carbocycles. The molecule has 4 nitrogen and oxygen atoms in total. The van der Waals surface area contributed by atoms with Crippen LogP contribution in [0.25, 0.3) is 11.0 Å². The highest BCUT2D eigenvalue weighted by Crippen LogP contribution is 2.39. The van der Waals surface area contributed by atoms with Crippen molar-refractivity contribution in [2.45, 2.75) is 33.4 Å². The van der Waals surface area contributed by atoms with Gasteiger partial charge in [0.1, 0.15) is 18.1 Å². The molecule has 20 heavy (non-hydrogen) atoms. The van der Waals surface area contributed by atoms with E-state index < -0.39 is 0 Å². The number of ether oxygens (including phenoxy) is 1. The van der Waals surface area contributed by atoms with Gasteiger partial charge in [-0.25, -0.2) is 4.79 Å². The molecule has 0 amide bonds. The topological polar surface area (TPSA) is 42.7 Å². The standard InChI is InChI=1S/C15H16ClNO3/c1-8(2)17-6-11-14-10(9(3)4-13(18)20-14)5-12(16)15(11)19-7-17/h4-5,8H,6-7H2,1-3H3. The SMILES string of the molecule is Cc1cc(=O)oc2c3c(c(Cl)cc12)OCN(C(C)C)C3. The molecule has 3 rings (SSSR count). The maximum Gasteiger partial charge on any atom is 0.336 e. The second-order valence-electron chi connectivity index (χ2n) is 5.41. The van der Waals surface area contributed by atoms with E-state index in [-0.39, 0.29) is 5.63 Å². The number of aryl methyl sites for hydroxylation is 1. The number of hydrogen-bond donors (Lipinski definition) is 0. The Kier molecular flexibility index (Phi) is 3.22. The Hall–Kier alpha value is -1.52. The van der Waals surface area contributed by atoms with E-state index in [2.05, 4.69) is 18.7 Å². The van der Waals surface area contributed by atoms with E-state index in [1.165, 1.54) is 6.07 Å². The molecule has 0 bridgehead atoms. The van der Waals surface area contributed by atoms with Crippen LogP contribution in [-0.4, -0.2) is 17.7 Å². The Balaban J connectivity index is 2.29. The van der Waals surface area contributed by atoms with Gasteiger partial charge >= 0.3 is 5.63 Å². The first kappa shape index (κ1) is 13.5. The summed E-state index contributed by atoms with van der Waals surface area (Å²) >= 11 is 6.30. The van der Waals surface area contributed by atoms with E-state index in [0.29, 0.717) is 35.7 Å². The Labute approximate surface area is 121 Å². The van der Waals surface area contributed by atoms with Crippen molar-refractivity contribution in [1.29, 1.82) is 0 Å². The third-order valence-corrected chi connectivity index (χ3v) is 3.99. The maximum atomic E-state index is 11.6. The van der Waals surface area contributed by atoms with E-state index in [9.17, 15) is 4.79 Å². The van der Waals surface area contributed by atoms with Crippen LogP contribution < -0.4 is 10.4 Å². The number of halogens is 1. The zero-order valence-electron chi connectivity index (χ0n) is 11.7. The molecule has 0 aliphatic carbocycles. The minimum atomic E-state index is -0.346. The van der Waals surface area contributed by atoms with Crippen molar-refractivity contribution >= 4 is 22.6 Å². The second kappa shape index (κ2) is 4.79. The molecule has 2 aromatic rings. The summed E-state index contributed by atoms with van der Waals surface area (Å²) in [5.41, 5.74) is 1.96. The predicted octanol–water partition coefficient (Wildman–Crippen LogP) is 3.32. The zero-order valence-corrected chi connectivity index (χ0v) is 12.5. The fraction of sp³-hybridized carbons (Fsp3) is 0.400. The second-order valence-corrected chi connectivity index (χ2v) is 5.81. The van der Waals surface area contributed by atoms with Crippen LogP contribution in [0.15, 0.2) is 21.3 Å². The van der Waals surface area contributed by atoms with Gasteiger partial charge in [-0.15, -0.1) is 0 Å². The van der Waals surface area contributed by atoms with Crippen LogP contribution in [0.3, 0.4) is 0 Å². The van der Waals surface area contributed by atoms with Gasteiger partial charge in [0.15, 0.2) is 0 Å². The molecule has 5 heteroatoms. The summed E-state index contributed by atoms with van der Waals surface area (Å²) in [4.78, 5) is 13.8. The zero-order chi connectivity index (χ0) is 14.4. The van der Waals surface area contributed by atoms with E-state index in [0.717, 1.165) is 16.5 Å². The first-order chi connectivity index (χ1) is 9.47. The summed E-state index contributed by atoms with van der Waals surface area (Å²) in [6.45, 7) is 7.24. The number of hydrogen-bond acceptors (Lipinski definition) is 4. The van der Waals surface area contributed by atoms with Crippen molar-refractivity contribution in [1.82, 2.24) is 4.90 Å². The van der Waals surface area contributed by atoms with Gasteiger partial charge in [-0.05, 0) is 32.4 Å². The van der Waals surface area contributed by atoms with Crippen molar-refractivity contribution in [3.63, 3.8) is 0 Å². The Morgan fingerprint density at radius 1 is 1.35 bits per heavy atom. The fourth-order valence-corrected chi connectivity index (χ4v) is 2.77. The van der Waals surface area contributed by atoms with Gasteiger partial charge in [-0.2, -0.15) is 0 Å². The molecule has 0 N–H and O–H groups in total. The summed E-state index contributed by atoms with van der Waals surface area (Å²) in [5, 5.41) is 1.43. The van der Waals surface area contributed by atoms with Gasteiger partial charge in [-0.3, -0.25) is 4.90 Å². The highest BCUT2D eigenvalue weighted by molar-refractivity contribution is 6.33. The predicted molar refractivity (Wildman–Crippen MR) is 78.4 cm³/mol. The van der Waals surface area contributed by atoms with Gasteiger partial charge in [0.25, 0.3) is 0 Å². The summed E-state index contributed by atoms with van der Waals surface area (Å²) in [5.74, 6) is 0.629. The summed E-state index contributed by atoms with van der Waals surface area (Å²) in [7, 11) is 0. The fourth-order valence-electron chi connectivity index (χ4n) is 2.49. The third kappa shape index (κ3) is 2.09. The average molecular weight is 294 g/mol. The number of fused-ring (bicyclic) bond motifs is 3. The van der Waals surface area contributed by atoms with Crippen LogP contribution in [-0.2, 0) is 6.54 Å². The van der Waals surface area contributed by atoms with Crippen LogP contribution in [0.1, 0.15) is 25.0 Å². The van der Waals surface area contributed by atoms with Crippen molar-refractivity contribution in [2.24, 2.45) is 0 Å². The Morgan fingerprint density at radius 2 is 2.10 bits per heavy atom. The van der Waals surface area contributed by atoms with Crippen LogP contribution in [0.4, 0.5) is 0 Å². The molecule has 106 valence electrons. The lowest BCUT2D eigenvalue weighted by molar-refractivity contribution is 0.0690. The molecule has 1 aromatic heterocycles. The van der Waals surface area contributed by atoms with Gasteiger partial charge < -0.3 is 9.15 Å². The maximum absolute atomic E-state index is 11.6. The first-order valence-corrected chi connectivity index (χ1v) is 6.98. The molecular weight excluding hydrogens is 278 g/mol. The lowest BCUT2D eigenvalue weighted by Gasteiger charge is -2.32. The Morgan fingerprint density at radius 3 is 2.80 bits per heavy atom. The van der Waals surface area contributed by atoms with E-state index >= 15 is 0 Å². The lowest BCUT2D eigenvalue weighted by Crippen LogP contribution is -2.37.